The van der Waals surface area contributed by atoms with Crippen molar-refractivity contribution in [1.29, 1.82) is 0 Å². The maximum absolute atomic E-state index is 11.8. The molecule has 0 saturated heterocycles. The van der Waals surface area contributed by atoms with E-state index in [1.165, 1.54) is 19.4 Å². The van der Waals surface area contributed by atoms with Gasteiger partial charge >= 0.3 is 11.7 Å². The van der Waals surface area contributed by atoms with E-state index in [1.807, 2.05) is 0 Å². The van der Waals surface area contributed by atoms with E-state index in [1.54, 1.807) is 24.3 Å². The van der Waals surface area contributed by atoms with Gasteiger partial charge in [0.25, 0.3) is 5.56 Å². The van der Waals surface area contributed by atoms with Crippen LogP contribution < -0.4 is 16.6 Å². The average Bonchev–Trinajstić information content (AvgIpc) is 2.55. The van der Waals surface area contributed by atoms with Crippen molar-refractivity contribution < 1.29 is 14.3 Å². The molecular weight excluding hydrogens is 302 g/mol. The lowest BCUT2D eigenvalue weighted by Gasteiger charge is -2.07. The second-order valence-electron chi connectivity index (χ2n) is 4.70. The topological polar surface area (TPSA) is 110 Å². The van der Waals surface area contributed by atoms with Crippen molar-refractivity contribution >= 4 is 11.9 Å². The van der Waals surface area contributed by atoms with E-state index >= 15 is 0 Å². The number of amides is 1. The number of aromatic nitrogens is 2. The molecule has 1 aromatic heterocycles. The van der Waals surface area contributed by atoms with Crippen molar-refractivity contribution in [1.82, 2.24) is 14.9 Å². The van der Waals surface area contributed by atoms with Gasteiger partial charge in [-0.1, -0.05) is 12.1 Å². The molecule has 0 radical (unpaired) electrons. The Morgan fingerprint density at radius 1 is 1.17 bits per heavy atom. The summed E-state index contributed by atoms with van der Waals surface area (Å²) in [6, 6.07) is 7.75. The van der Waals surface area contributed by atoms with Crippen LogP contribution in [-0.4, -0.2) is 28.5 Å². The summed E-state index contributed by atoms with van der Waals surface area (Å²) in [5.41, 5.74) is 0.0506. The highest BCUT2D eigenvalue weighted by Gasteiger charge is 2.06. The second kappa shape index (κ2) is 7.21. The zero-order valence-corrected chi connectivity index (χ0v) is 12.4. The van der Waals surface area contributed by atoms with Crippen LogP contribution in [0.1, 0.15) is 15.9 Å². The molecular formula is C15H15N3O5. The van der Waals surface area contributed by atoms with Crippen LogP contribution in [0.3, 0.4) is 0 Å². The number of H-pyrrole nitrogens is 1. The van der Waals surface area contributed by atoms with Crippen molar-refractivity contribution in [3.05, 3.63) is 68.5 Å². The molecule has 1 aromatic carbocycles. The average molecular weight is 317 g/mol. The lowest BCUT2D eigenvalue weighted by Crippen LogP contribution is -2.35. The minimum absolute atomic E-state index is 0.199. The van der Waals surface area contributed by atoms with E-state index in [4.69, 9.17) is 0 Å². The third-order valence-corrected chi connectivity index (χ3v) is 3.08. The first-order chi connectivity index (χ1) is 11.0. The molecule has 0 aliphatic rings. The summed E-state index contributed by atoms with van der Waals surface area (Å²) < 4.78 is 5.69. The summed E-state index contributed by atoms with van der Waals surface area (Å²) >= 11 is 0. The molecule has 0 aliphatic heterocycles. The molecule has 1 amide bonds. The number of ether oxygens (including phenoxy) is 1. The van der Waals surface area contributed by atoms with Crippen LogP contribution >= 0.6 is 0 Å². The molecule has 2 N–H and O–H groups in total. The summed E-state index contributed by atoms with van der Waals surface area (Å²) in [6.07, 6.45) is 1.26. The van der Waals surface area contributed by atoms with E-state index in [0.717, 1.165) is 10.1 Å². The lowest BCUT2D eigenvalue weighted by atomic mass is 10.1. The number of hydrogen-bond acceptors (Lipinski definition) is 5. The number of rotatable bonds is 5. The summed E-state index contributed by atoms with van der Waals surface area (Å²) in [4.78, 5) is 47.6. The van der Waals surface area contributed by atoms with Gasteiger partial charge in [-0.2, -0.15) is 0 Å². The second-order valence-corrected chi connectivity index (χ2v) is 4.70. The first-order valence-corrected chi connectivity index (χ1v) is 6.73. The molecule has 2 rings (SSSR count). The molecule has 8 heteroatoms. The highest BCUT2D eigenvalue weighted by atomic mass is 16.5. The molecule has 1 heterocycles. The van der Waals surface area contributed by atoms with E-state index in [-0.39, 0.29) is 19.0 Å². The van der Waals surface area contributed by atoms with Gasteiger partial charge in [-0.15, -0.1) is 0 Å². The monoisotopic (exact) mass is 317 g/mol. The highest BCUT2D eigenvalue weighted by molar-refractivity contribution is 5.89. The number of carbonyl (C=O) groups excluding carboxylic acids is 2. The summed E-state index contributed by atoms with van der Waals surface area (Å²) in [6.45, 7) is 0.0498. The Hall–Kier alpha value is -3.16. The Morgan fingerprint density at radius 3 is 2.48 bits per heavy atom. The third-order valence-electron chi connectivity index (χ3n) is 3.08. The van der Waals surface area contributed by atoms with E-state index in [0.29, 0.717) is 5.56 Å². The number of carbonyl (C=O) groups is 2. The van der Waals surface area contributed by atoms with Crippen LogP contribution in [-0.2, 0) is 22.6 Å². The molecule has 0 fully saturated rings. The number of hydrogen-bond donors (Lipinski definition) is 2. The zero-order chi connectivity index (χ0) is 16.8. The van der Waals surface area contributed by atoms with Crippen LogP contribution in [0.4, 0.5) is 0 Å². The number of esters is 1. The third kappa shape index (κ3) is 4.40. The fraction of sp³-hybridized carbons (Fsp3) is 0.200. The Labute approximate surface area is 130 Å². The van der Waals surface area contributed by atoms with Gasteiger partial charge in [-0.05, 0) is 17.7 Å². The molecule has 8 nitrogen and oxygen atoms in total. The predicted octanol–water partition coefficient (Wildman–Crippen LogP) is -0.360. The van der Waals surface area contributed by atoms with Crippen LogP contribution in [0.25, 0.3) is 0 Å². The minimum Gasteiger partial charge on any atom is -0.465 e. The number of benzene rings is 1. The van der Waals surface area contributed by atoms with E-state index < -0.39 is 17.2 Å². The van der Waals surface area contributed by atoms with Crippen LogP contribution in [0.15, 0.2) is 46.1 Å². The van der Waals surface area contributed by atoms with Gasteiger partial charge in [0.2, 0.25) is 5.91 Å². The maximum atomic E-state index is 11.8. The zero-order valence-electron chi connectivity index (χ0n) is 12.4. The number of nitrogens with zero attached hydrogens (tertiary/aromatic N) is 1. The molecule has 23 heavy (non-hydrogen) atoms. The molecule has 0 unspecified atom stereocenters. The van der Waals surface area contributed by atoms with E-state index in [2.05, 4.69) is 15.0 Å². The van der Waals surface area contributed by atoms with Crippen LogP contribution in [0, 0.1) is 0 Å². The number of aromatic amines is 1. The van der Waals surface area contributed by atoms with Crippen molar-refractivity contribution in [2.45, 2.75) is 13.1 Å². The maximum Gasteiger partial charge on any atom is 0.337 e. The summed E-state index contributed by atoms with van der Waals surface area (Å²) in [7, 11) is 1.30. The lowest BCUT2D eigenvalue weighted by molar-refractivity contribution is -0.121. The number of methoxy groups -OCH3 is 1. The van der Waals surface area contributed by atoms with Gasteiger partial charge in [-0.3, -0.25) is 19.1 Å². The van der Waals surface area contributed by atoms with Crippen molar-refractivity contribution in [3.63, 3.8) is 0 Å². The molecule has 2 aromatic rings. The van der Waals surface area contributed by atoms with Crippen molar-refractivity contribution in [2.24, 2.45) is 0 Å². The van der Waals surface area contributed by atoms with E-state index in [9.17, 15) is 19.2 Å². The Balaban J connectivity index is 1.92. The van der Waals surface area contributed by atoms with Gasteiger partial charge < -0.3 is 10.1 Å². The molecule has 0 bridgehead atoms. The van der Waals surface area contributed by atoms with Crippen LogP contribution in [0.2, 0.25) is 0 Å². The molecule has 120 valence electrons. The Morgan fingerprint density at radius 2 is 1.87 bits per heavy atom. The largest absolute Gasteiger partial charge is 0.465 e. The fourth-order valence-corrected chi connectivity index (χ4v) is 1.86. The molecule has 0 saturated carbocycles. The summed E-state index contributed by atoms with van der Waals surface area (Å²) in [5, 5.41) is 2.65. The predicted molar refractivity (Wildman–Crippen MR) is 81.0 cm³/mol. The first-order valence-electron chi connectivity index (χ1n) is 6.73. The Bertz CT molecular complexity index is 820. The Kier molecular flexibility index (Phi) is 5.08. The first kappa shape index (κ1) is 16.2. The highest BCUT2D eigenvalue weighted by Crippen LogP contribution is 2.05. The molecule has 0 atom stereocenters. The minimum atomic E-state index is -0.643. The SMILES string of the molecule is COC(=O)c1ccc(CNC(=O)Cn2ccc(=O)[nH]c2=O)cc1. The normalized spacial score (nSPS) is 10.1. The van der Waals surface area contributed by atoms with Gasteiger partial charge in [0.05, 0.1) is 12.7 Å². The van der Waals surface area contributed by atoms with Crippen molar-refractivity contribution in [2.75, 3.05) is 7.11 Å². The van der Waals surface area contributed by atoms with Crippen molar-refractivity contribution in [3.8, 4) is 0 Å². The van der Waals surface area contributed by atoms with Crippen LogP contribution in [0.5, 0.6) is 0 Å². The fourth-order valence-electron chi connectivity index (χ4n) is 1.86. The molecule has 0 aliphatic carbocycles. The number of nitrogens with one attached hydrogen (secondary N) is 2. The quantitative estimate of drug-likeness (QED) is 0.732. The smallest absolute Gasteiger partial charge is 0.337 e. The van der Waals surface area contributed by atoms with Gasteiger partial charge in [0.15, 0.2) is 0 Å². The standard InChI is InChI=1S/C15H15N3O5/c1-23-14(21)11-4-2-10(3-5-11)8-16-13(20)9-18-7-6-12(19)17-15(18)22/h2-7H,8-9H2,1H3,(H,16,20)(H,17,19,22). The molecule has 0 spiro atoms. The van der Waals surface area contributed by atoms with Gasteiger partial charge in [0, 0.05) is 18.8 Å². The van der Waals surface area contributed by atoms with Gasteiger partial charge in [-0.25, -0.2) is 9.59 Å². The summed E-state index contributed by atoms with van der Waals surface area (Å²) in [5.74, 6) is -0.811. The van der Waals surface area contributed by atoms with Gasteiger partial charge in [0.1, 0.15) is 6.54 Å².